The Morgan fingerprint density at radius 2 is 1.89 bits per heavy atom. The van der Waals surface area contributed by atoms with Crippen molar-refractivity contribution in [3.63, 3.8) is 0 Å². The second-order valence-electron chi connectivity index (χ2n) is 4.10. The van der Waals surface area contributed by atoms with Crippen LogP contribution in [-0.4, -0.2) is 9.78 Å². The summed E-state index contributed by atoms with van der Waals surface area (Å²) in [5.74, 6) is 0. The average Bonchev–Trinajstić information content (AvgIpc) is 2.76. The van der Waals surface area contributed by atoms with Gasteiger partial charge in [0.15, 0.2) is 0 Å². The molecule has 0 atom stereocenters. The van der Waals surface area contributed by atoms with Gasteiger partial charge in [0.2, 0.25) is 0 Å². The molecule has 0 saturated heterocycles. The van der Waals surface area contributed by atoms with Crippen molar-refractivity contribution in [3.05, 3.63) is 64.3 Å². The summed E-state index contributed by atoms with van der Waals surface area (Å²) in [5.41, 5.74) is 2.11. The van der Waals surface area contributed by atoms with Gasteiger partial charge in [-0.2, -0.15) is 5.10 Å². The van der Waals surface area contributed by atoms with E-state index in [9.17, 15) is 0 Å². The average molecular weight is 277 g/mol. The van der Waals surface area contributed by atoms with Crippen LogP contribution in [-0.2, 0) is 6.54 Å². The highest BCUT2D eigenvalue weighted by Gasteiger charge is 2.06. The highest BCUT2D eigenvalue weighted by atomic mass is 35.5. The molecule has 3 rings (SSSR count). The van der Waals surface area contributed by atoms with Crippen molar-refractivity contribution in [1.82, 2.24) is 9.78 Å². The van der Waals surface area contributed by atoms with Crippen molar-refractivity contribution in [1.29, 1.82) is 0 Å². The minimum absolute atomic E-state index is 0.642. The zero-order valence-electron chi connectivity index (χ0n) is 9.48. The second-order valence-corrected chi connectivity index (χ2v) is 4.94. The third-order valence-electron chi connectivity index (χ3n) is 2.89. The standard InChI is InChI=1S/C14H10Cl2N2/c15-12-6-5-11(13(16)7-12)9-18-14-4-2-1-3-10(14)8-17-18/h1-8H,9H2. The Balaban J connectivity index is 2.01. The summed E-state index contributed by atoms with van der Waals surface area (Å²) in [7, 11) is 0. The molecule has 0 aliphatic rings. The van der Waals surface area contributed by atoms with E-state index in [2.05, 4.69) is 5.10 Å². The Bertz CT molecular complexity index is 704. The number of fused-ring (bicyclic) bond motifs is 1. The van der Waals surface area contributed by atoms with Crippen LogP contribution in [0.5, 0.6) is 0 Å². The predicted molar refractivity (Wildman–Crippen MR) is 75.3 cm³/mol. The molecule has 90 valence electrons. The third kappa shape index (κ3) is 2.09. The molecule has 18 heavy (non-hydrogen) atoms. The molecule has 0 bridgehead atoms. The maximum atomic E-state index is 6.17. The van der Waals surface area contributed by atoms with E-state index >= 15 is 0 Å². The first-order chi connectivity index (χ1) is 8.74. The van der Waals surface area contributed by atoms with Crippen LogP contribution in [0.25, 0.3) is 10.9 Å². The maximum absolute atomic E-state index is 6.17. The fraction of sp³-hybridized carbons (Fsp3) is 0.0714. The largest absolute Gasteiger partial charge is 0.260 e. The molecular formula is C14H10Cl2N2. The van der Waals surface area contributed by atoms with Gasteiger partial charge in [0.1, 0.15) is 0 Å². The number of rotatable bonds is 2. The number of nitrogens with zero attached hydrogens (tertiary/aromatic N) is 2. The van der Waals surface area contributed by atoms with Gasteiger partial charge in [-0.1, -0.05) is 47.5 Å². The lowest BCUT2D eigenvalue weighted by Gasteiger charge is -2.06. The van der Waals surface area contributed by atoms with Gasteiger partial charge in [-0.05, 0) is 23.8 Å². The molecular weight excluding hydrogens is 267 g/mol. The summed E-state index contributed by atoms with van der Waals surface area (Å²) < 4.78 is 1.93. The molecule has 3 aromatic rings. The van der Waals surface area contributed by atoms with Crippen molar-refractivity contribution >= 4 is 34.1 Å². The lowest BCUT2D eigenvalue weighted by atomic mass is 10.2. The molecule has 0 unspecified atom stereocenters. The van der Waals surface area contributed by atoms with Crippen LogP contribution in [0, 0.1) is 0 Å². The molecule has 2 nitrogen and oxygen atoms in total. The molecule has 0 radical (unpaired) electrons. The van der Waals surface area contributed by atoms with Gasteiger partial charge in [-0.25, -0.2) is 0 Å². The smallest absolute Gasteiger partial charge is 0.0686 e. The summed E-state index contributed by atoms with van der Waals surface area (Å²) in [6, 6.07) is 13.6. The van der Waals surface area contributed by atoms with E-state index in [0.29, 0.717) is 16.6 Å². The van der Waals surface area contributed by atoms with Crippen molar-refractivity contribution in [2.24, 2.45) is 0 Å². The van der Waals surface area contributed by atoms with Crippen molar-refractivity contribution in [2.45, 2.75) is 6.54 Å². The van der Waals surface area contributed by atoms with E-state index in [1.807, 2.05) is 47.3 Å². The fourth-order valence-electron chi connectivity index (χ4n) is 1.96. The first-order valence-electron chi connectivity index (χ1n) is 5.58. The summed E-state index contributed by atoms with van der Waals surface area (Å²) >= 11 is 12.1. The number of para-hydroxylation sites is 1. The summed E-state index contributed by atoms with van der Waals surface area (Å²) in [6.07, 6.45) is 1.86. The molecule has 4 heteroatoms. The molecule has 1 heterocycles. The number of aromatic nitrogens is 2. The number of hydrogen-bond acceptors (Lipinski definition) is 1. The number of hydrogen-bond donors (Lipinski definition) is 0. The molecule has 0 aliphatic heterocycles. The highest BCUT2D eigenvalue weighted by molar-refractivity contribution is 6.35. The van der Waals surface area contributed by atoms with Gasteiger partial charge in [0.25, 0.3) is 0 Å². The van der Waals surface area contributed by atoms with Crippen LogP contribution >= 0.6 is 23.2 Å². The number of halogens is 2. The zero-order valence-corrected chi connectivity index (χ0v) is 11.0. The van der Waals surface area contributed by atoms with E-state index in [1.54, 1.807) is 6.07 Å². The van der Waals surface area contributed by atoms with Crippen molar-refractivity contribution in [3.8, 4) is 0 Å². The van der Waals surface area contributed by atoms with Crippen LogP contribution in [0.4, 0.5) is 0 Å². The van der Waals surface area contributed by atoms with Crippen LogP contribution in [0.1, 0.15) is 5.56 Å². The minimum atomic E-state index is 0.642. The Kier molecular flexibility index (Phi) is 2.98. The van der Waals surface area contributed by atoms with E-state index in [-0.39, 0.29) is 0 Å². The fourth-order valence-corrected chi connectivity index (χ4v) is 2.43. The van der Waals surface area contributed by atoms with Crippen LogP contribution in [0.3, 0.4) is 0 Å². The highest BCUT2D eigenvalue weighted by Crippen LogP contribution is 2.23. The molecule has 0 saturated carbocycles. The Hall–Kier alpha value is -1.51. The van der Waals surface area contributed by atoms with E-state index in [1.165, 1.54) is 0 Å². The van der Waals surface area contributed by atoms with E-state index < -0.39 is 0 Å². The van der Waals surface area contributed by atoms with Crippen LogP contribution < -0.4 is 0 Å². The maximum Gasteiger partial charge on any atom is 0.0686 e. The Morgan fingerprint density at radius 3 is 2.72 bits per heavy atom. The summed E-state index contributed by atoms with van der Waals surface area (Å²) in [4.78, 5) is 0. The van der Waals surface area contributed by atoms with Crippen molar-refractivity contribution in [2.75, 3.05) is 0 Å². The Morgan fingerprint density at radius 1 is 1.06 bits per heavy atom. The van der Waals surface area contributed by atoms with Gasteiger partial charge < -0.3 is 0 Å². The number of benzene rings is 2. The third-order valence-corrected chi connectivity index (χ3v) is 3.47. The molecule has 0 amide bonds. The summed E-state index contributed by atoms with van der Waals surface area (Å²) in [5, 5.41) is 6.82. The zero-order chi connectivity index (χ0) is 12.5. The molecule has 2 aromatic carbocycles. The molecule has 0 fully saturated rings. The minimum Gasteiger partial charge on any atom is -0.260 e. The quantitative estimate of drug-likeness (QED) is 0.679. The normalized spacial score (nSPS) is 11.0. The van der Waals surface area contributed by atoms with Crippen molar-refractivity contribution < 1.29 is 0 Å². The van der Waals surface area contributed by atoms with Gasteiger partial charge in [-0.15, -0.1) is 0 Å². The Labute approximate surface area is 115 Å². The molecule has 0 aliphatic carbocycles. The predicted octanol–water partition coefficient (Wildman–Crippen LogP) is 4.39. The molecule has 0 N–H and O–H groups in total. The first-order valence-corrected chi connectivity index (χ1v) is 6.34. The lowest BCUT2D eigenvalue weighted by Crippen LogP contribution is -2.01. The monoisotopic (exact) mass is 276 g/mol. The van der Waals surface area contributed by atoms with Gasteiger partial charge in [0.05, 0.1) is 18.3 Å². The van der Waals surface area contributed by atoms with Crippen LogP contribution in [0.2, 0.25) is 10.0 Å². The second kappa shape index (κ2) is 4.63. The SMILES string of the molecule is Clc1ccc(Cn2ncc3ccccc32)c(Cl)c1. The summed E-state index contributed by atoms with van der Waals surface area (Å²) in [6.45, 7) is 0.642. The first kappa shape index (κ1) is 11.6. The van der Waals surface area contributed by atoms with Gasteiger partial charge in [0, 0.05) is 15.4 Å². The van der Waals surface area contributed by atoms with Gasteiger partial charge >= 0.3 is 0 Å². The molecule has 1 aromatic heterocycles. The van der Waals surface area contributed by atoms with Gasteiger partial charge in [-0.3, -0.25) is 4.68 Å². The topological polar surface area (TPSA) is 17.8 Å². The molecule has 0 spiro atoms. The van der Waals surface area contributed by atoms with E-state index in [0.717, 1.165) is 16.5 Å². The lowest BCUT2D eigenvalue weighted by molar-refractivity contribution is 0.712. The van der Waals surface area contributed by atoms with Crippen LogP contribution in [0.15, 0.2) is 48.7 Å². The van der Waals surface area contributed by atoms with E-state index in [4.69, 9.17) is 23.2 Å².